The number of carbonyl (C=O) groups is 1. The number of para-hydroxylation sites is 1. The zero-order chi connectivity index (χ0) is 15.7. The molecule has 1 aliphatic heterocycles. The van der Waals surface area contributed by atoms with Gasteiger partial charge in [0.1, 0.15) is 9.77 Å². The van der Waals surface area contributed by atoms with Crippen molar-refractivity contribution in [2.24, 2.45) is 0 Å². The first-order valence-corrected chi connectivity index (χ1v) is 9.14. The number of aryl methyl sites for hydroxylation is 1. The molecule has 0 unspecified atom stereocenters. The number of carbonyl (C=O) groups excluding carboxylic acids is 1. The predicted molar refractivity (Wildman–Crippen MR) is 85.0 cm³/mol. The fourth-order valence-electron chi connectivity index (χ4n) is 2.61. The third kappa shape index (κ3) is 2.40. The van der Waals surface area contributed by atoms with E-state index in [0.717, 1.165) is 29.7 Å². The van der Waals surface area contributed by atoms with Gasteiger partial charge >= 0.3 is 5.97 Å². The molecule has 0 bridgehead atoms. The average Bonchev–Trinajstić information content (AvgIpc) is 3.04. The van der Waals surface area contributed by atoms with Crippen molar-refractivity contribution >= 4 is 33.0 Å². The van der Waals surface area contributed by atoms with Crippen LogP contribution >= 0.6 is 11.3 Å². The van der Waals surface area contributed by atoms with Crippen LogP contribution in [0.3, 0.4) is 0 Å². The molecule has 22 heavy (non-hydrogen) atoms. The minimum absolute atomic E-state index is 0.0149. The van der Waals surface area contributed by atoms with Crippen molar-refractivity contribution in [3.05, 3.63) is 46.2 Å². The van der Waals surface area contributed by atoms with Gasteiger partial charge in [-0.25, -0.2) is 13.2 Å². The van der Waals surface area contributed by atoms with E-state index in [9.17, 15) is 13.2 Å². The number of esters is 1. The lowest BCUT2D eigenvalue weighted by Gasteiger charge is -2.30. The van der Waals surface area contributed by atoms with Crippen LogP contribution in [0.5, 0.6) is 0 Å². The molecule has 0 N–H and O–H groups in total. The number of rotatable bonds is 3. The molecule has 0 fully saturated rings. The highest BCUT2D eigenvalue weighted by molar-refractivity contribution is 7.93. The van der Waals surface area contributed by atoms with Crippen LogP contribution in [0.25, 0.3) is 0 Å². The molecule has 0 atom stereocenters. The zero-order valence-electron chi connectivity index (χ0n) is 12.0. The molecule has 2 aromatic rings. The lowest BCUT2D eigenvalue weighted by Crippen LogP contribution is -2.35. The molecule has 3 rings (SSSR count). The van der Waals surface area contributed by atoms with Crippen molar-refractivity contribution in [1.29, 1.82) is 0 Å². The van der Waals surface area contributed by atoms with Gasteiger partial charge in [-0.15, -0.1) is 11.3 Å². The third-order valence-corrected chi connectivity index (χ3v) is 6.51. The summed E-state index contributed by atoms with van der Waals surface area (Å²) in [7, 11) is -2.53. The number of anilines is 1. The Balaban J connectivity index is 2.09. The van der Waals surface area contributed by atoms with Crippen LogP contribution in [-0.2, 0) is 21.2 Å². The number of hydrogen-bond acceptors (Lipinski definition) is 5. The maximum Gasteiger partial charge on any atom is 0.349 e. The maximum absolute atomic E-state index is 13.0. The summed E-state index contributed by atoms with van der Waals surface area (Å²) in [4.78, 5) is 11.9. The Morgan fingerprint density at radius 3 is 2.82 bits per heavy atom. The Bertz CT molecular complexity index is 810. The smallest absolute Gasteiger partial charge is 0.349 e. The maximum atomic E-state index is 13.0. The lowest BCUT2D eigenvalue weighted by molar-refractivity contribution is 0.0602. The van der Waals surface area contributed by atoms with Gasteiger partial charge in [-0.05, 0) is 35.9 Å². The van der Waals surface area contributed by atoms with Crippen LogP contribution in [0.15, 0.2) is 40.6 Å². The van der Waals surface area contributed by atoms with E-state index in [4.69, 9.17) is 0 Å². The molecule has 0 saturated carbocycles. The number of methoxy groups -OCH3 is 1. The van der Waals surface area contributed by atoms with Crippen molar-refractivity contribution in [3.8, 4) is 0 Å². The number of ether oxygens (including phenoxy) is 1. The molecule has 5 nitrogen and oxygen atoms in total. The highest BCUT2D eigenvalue weighted by Gasteiger charge is 2.33. The molecule has 1 aromatic heterocycles. The summed E-state index contributed by atoms with van der Waals surface area (Å²) >= 11 is 1.07. The number of nitrogens with zero attached hydrogens (tertiary/aromatic N) is 1. The molecule has 2 heterocycles. The molecule has 0 amide bonds. The van der Waals surface area contributed by atoms with E-state index in [0.29, 0.717) is 12.2 Å². The van der Waals surface area contributed by atoms with Crippen LogP contribution in [0.2, 0.25) is 0 Å². The first-order valence-electron chi connectivity index (χ1n) is 6.82. The van der Waals surface area contributed by atoms with Crippen LogP contribution in [-0.4, -0.2) is 28.0 Å². The fraction of sp³-hybridized carbons (Fsp3) is 0.267. The standard InChI is InChI=1S/C15H15NO4S2/c1-20-15(17)14-13(8-10-21-14)22(18,19)16-9-4-6-11-5-2-3-7-12(11)16/h2-3,5,7-8,10H,4,6,9H2,1H3. The molecule has 0 saturated heterocycles. The second-order valence-corrected chi connectivity index (χ2v) is 7.66. The summed E-state index contributed by atoms with van der Waals surface area (Å²) in [6.45, 7) is 0.413. The summed E-state index contributed by atoms with van der Waals surface area (Å²) in [5.74, 6) is -0.626. The minimum atomic E-state index is -3.77. The molecule has 1 aromatic carbocycles. The van der Waals surface area contributed by atoms with E-state index in [1.807, 2.05) is 18.2 Å². The summed E-state index contributed by atoms with van der Waals surface area (Å²) < 4.78 is 32.0. The molecule has 0 aliphatic carbocycles. The monoisotopic (exact) mass is 337 g/mol. The van der Waals surface area contributed by atoms with Crippen molar-refractivity contribution in [3.63, 3.8) is 0 Å². The number of thiophene rings is 1. The van der Waals surface area contributed by atoms with Crippen LogP contribution in [0, 0.1) is 0 Å². The molecule has 116 valence electrons. The second kappa shape index (κ2) is 5.73. The Labute approximate surface area is 133 Å². The van der Waals surface area contributed by atoms with Crippen molar-refractivity contribution < 1.29 is 17.9 Å². The van der Waals surface area contributed by atoms with Crippen LogP contribution in [0.1, 0.15) is 21.7 Å². The molecule has 0 spiro atoms. The first kappa shape index (κ1) is 15.1. The number of fused-ring (bicyclic) bond motifs is 1. The number of benzene rings is 1. The van der Waals surface area contributed by atoms with Gasteiger partial charge in [0, 0.05) is 6.54 Å². The summed E-state index contributed by atoms with van der Waals surface area (Å²) in [6.07, 6.45) is 1.61. The van der Waals surface area contributed by atoms with Gasteiger partial charge in [0.15, 0.2) is 0 Å². The van der Waals surface area contributed by atoms with Crippen LogP contribution < -0.4 is 4.31 Å². The second-order valence-electron chi connectivity index (χ2n) is 4.91. The Hall–Kier alpha value is -1.86. The van der Waals surface area contributed by atoms with E-state index < -0.39 is 16.0 Å². The summed E-state index contributed by atoms with van der Waals surface area (Å²) in [6, 6.07) is 8.92. The van der Waals surface area contributed by atoms with Gasteiger partial charge < -0.3 is 4.74 Å². The first-order chi connectivity index (χ1) is 10.6. The molecule has 0 radical (unpaired) electrons. The third-order valence-electron chi connectivity index (χ3n) is 3.64. The van der Waals surface area contributed by atoms with Gasteiger partial charge in [0.2, 0.25) is 0 Å². The topological polar surface area (TPSA) is 63.7 Å². The van der Waals surface area contributed by atoms with E-state index in [-0.39, 0.29) is 9.77 Å². The van der Waals surface area contributed by atoms with E-state index in [2.05, 4.69) is 4.74 Å². The van der Waals surface area contributed by atoms with Gasteiger partial charge in [-0.2, -0.15) is 0 Å². The predicted octanol–water partition coefficient (Wildman–Crippen LogP) is 2.68. The molecular weight excluding hydrogens is 322 g/mol. The molecular formula is C15H15NO4S2. The SMILES string of the molecule is COC(=O)c1sccc1S(=O)(=O)N1CCCc2ccccc21. The minimum Gasteiger partial charge on any atom is -0.465 e. The molecule has 7 heteroatoms. The number of hydrogen-bond donors (Lipinski definition) is 0. The quantitative estimate of drug-likeness (QED) is 0.808. The van der Waals surface area contributed by atoms with E-state index >= 15 is 0 Å². The normalized spacial score (nSPS) is 14.5. The Morgan fingerprint density at radius 2 is 2.05 bits per heavy atom. The van der Waals surface area contributed by atoms with Crippen molar-refractivity contribution in [2.75, 3.05) is 18.0 Å². The lowest BCUT2D eigenvalue weighted by atomic mass is 10.0. The van der Waals surface area contributed by atoms with Gasteiger partial charge in [0.25, 0.3) is 10.0 Å². The average molecular weight is 337 g/mol. The zero-order valence-corrected chi connectivity index (χ0v) is 13.6. The van der Waals surface area contributed by atoms with Crippen molar-refractivity contribution in [2.45, 2.75) is 17.7 Å². The Morgan fingerprint density at radius 1 is 1.27 bits per heavy atom. The summed E-state index contributed by atoms with van der Waals surface area (Å²) in [5.41, 5.74) is 1.70. The van der Waals surface area contributed by atoms with Crippen molar-refractivity contribution in [1.82, 2.24) is 0 Å². The van der Waals surface area contributed by atoms with Gasteiger partial charge in [-0.3, -0.25) is 4.31 Å². The highest BCUT2D eigenvalue weighted by atomic mass is 32.2. The summed E-state index contributed by atoms with van der Waals surface area (Å²) in [5, 5.41) is 1.59. The largest absolute Gasteiger partial charge is 0.465 e. The van der Waals surface area contributed by atoms with E-state index in [1.165, 1.54) is 17.5 Å². The van der Waals surface area contributed by atoms with Gasteiger partial charge in [-0.1, -0.05) is 18.2 Å². The fourth-order valence-corrected chi connectivity index (χ4v) is 5.46. The van der Waals surface area contributed by atoms with E-state index in [1.54, 1.807) is 11.4 Å². The Kier molecular flexibility index (Phi) is 3.92. The van der Waals surface area contributed by atoms with Gasteiger partial charge in [0.05, 0.1) is 12.8 Å². The highest BCUT2D eigenvalue weighted by Crippen LogP contribution is 2.34. The number of sulfonamides is 1. The molecule has 1 aliphatic rings. The van der Waals surface area contributed by atoms with Crippen LogP contribution in [0.4, 0.5) is 5.69 Å².